The molecule has 0 aliphatic carbocycles. The van der Waals surface area contributed by atoms with Crippen LogP contribution in [0.25, 0.3) is 0 Å². The highest BCUT2D eigenvalue weighted by atomic mass is 16.3. The van der Waals surface area contributed by atoms with E-state index >= 15 is 0 Å². The van der Waals surface area contributed by atoms with Gasteiger partial charge >= 0.3 is 0 Å². The molecule has 5 nitrogen and oxygen atoms in total. The minimum Gasteiger partial charge on any atom is -0.467 e. The Labute approximate surface area is 183 Å². The highest BCUT2D eigenvalue weighted by Gasteiger charge is 2.28. The molecule has 31 heavy (non-hydrogen) atoms. The van der Waals surface area contributed by atoms with Crippen LogP contribution in [0.4, 0.5) is 17.1 Å². The van der Waals surface area contributed by atoms with Gasteiger partial charge in [0.1, 0.15) is 5.76 Å². The maximum atomic E-state index is 13.0. The predicted octanol–water partition coefficient (Wildman–Crippen LogP) is 5.33. The van der Waals surface area contributed by atoms with Gasteiger partial charge in [-0.1, -0.05) is 25.1 Å². The average Bonchev–Trinajstić information content (AvgIpc) is 3.48. The number of carbonyl (C=O) groups excluding carboxylic acids is 1. The fourth-order valence-electron chi connectivity index (χ4n) is 4.81. The van der Waals surface area contributed by atoms with Crippen LogP contribution in [0.3, 0.4) is 0 Å². The standard InChI is InChI=1S/C26H29N3O2/c1-18-11-13-28(16-18)22-9-7-21(8-10-22)27-26(30)23-12-14-31-25(23)17-29-19(2)15-20-5-3-4-6-24(20)29/h3-10,12,14,18-19H,11,13,15-17H2,1-2H3,(H,27,30). The van der Waals surface area contributed by atoms with Gasteiger partial charge in [-0.25, -0.2) is 0 Å². The van der Waals surface area contributed by atoms with Crippen molar-refractivity contribution in [1.82, 2.24) is 0 Å². The number of anilines is 3. The maximum absolute atomic E-state index is 13.0. The fraction of sp³-hybridized carbons (Fsp3) is 0.346. The quantitative estimate of drug-likeness (QED) is 0.612. The topological polar surface area (TPSA) is 48.7 Å². The van der Waals surface area contributed by atoms with Crippen LogP contribution in [0.1, 0.15) is 41.9 Å². The summed E-state index contributed by atoms with van der Waals surface area (Å²) >= 11 is 0. The van der Waals surface area contributed by atoms with Crippen LogP contribution in [0.2, 0.25) is 0 Å². The zero-order valence-electron chi connectivity index (χ0n) is 18.2. The molecule has 0 bridgehead atoms. The van der Waals surface area contributed by atoms with E-state index in [0.717, 1.165) is 31.1 Å². The van der Waals surface area contributed by atoms with Crippen molar-refractivity contribution in [2.24, 2.45) is 5.92 Å². The van der Waals surface area contributed by atoms with Crippen molar-refractivity contribution in [3.05, 3.63) is 77.7 Å². The van der Waals surface area contributed by atoms with Gasteiger partial charge in [0.2, 0.25) is 0 Å². The van der Waals surface area contributed by atoms with Gasteiger partial charge in [-0.05, 0) is 67.6 Å². The van der Waals surface area contributed by atoms with Crippen molar-refractivity contribution in [3.8, 4) is 0 Å². The first kappa shape index (κ1) is 19.7. The highest BCUT2D eigenvalue weighted by molar-refractivity contribution is 6.05. The number of para-hydroxylation sites is 1. The number of fused-ring (bicyclic) bond motifs is 1. The summed E-state index contributed by atoms with van der Waals surface area (Å²) in [6, 6.07) is 18.7. The fourth-order valence-corrected chi connectivity index (χ4v) is 4.81. The van der Waals surface area contributed by atoms with Crippen molar-refractivity contribution in [2.45, 2.75) is 39.3 Å². The number of nitrogens with one attached hydrogen (secondary N) is 1. The summed E-state index contributed by atoms with van der Waals surface area (Å²) < 4.78 is 5.74. The Morgan fingerprint density at radius 3 is 2.68 bits per heavy atom. The SMILES string of the molecule is CC1CCN(c2ccc(NC(=O)c3ccoc3CN3c4ccccc4CC3C)cc2)C1. The number of amides is 1. The minimum absolute atomic E-state index is 0.133. The Bertz CT molecular complexity index is 1070. The monoisotopic (exact) mass is 415 g/mol. The zero-order valence-corrected chi connectivity index (χ0v) is 18.2. The molecule has 1 N–H and O–H groups in total. The van der Waals surface area contributed by atoms with Crippen molar-refractivity contribution < 1.29 is 9.21 Å². The minimum atomic E-state index is -0.133. The summed E-state index contributed by atoms with van der Waals surface area (Å²) in [6.07, 6.45) is 3.86. The molecule has 1 amide bonds. The first-order valence-electron chi connectivity index (χ1n) is 11.2. The van der Waals surface area contributed by atoms with Gasteiger partial charge in [0.05, 0.1) is 18.4 Å². The van der Waals surface area contributed by atoms with E-state index in [4.69, 9.17) is 4.42 Å². The second kappa shape index (κ2) is 8.14. The van der Waals surface area contributed by atoms with Gasteiger partial charge in [0, 0.05) is 36.2 Å². The number of hydrogen-bond acceptors (Lipinski definition) is 4. The first-order chi connectivity index (χ1) is 15.1. The lowest BCUT2D eigenvalue weighted by atomic mass is 10.1. The Balaban J connectivity index is 1.28. The molecule has 2 unspecified atom stereocenters. The normalized spacial score (nSPS) is 20.2. The summed E-state index contributed by atoms with van der Waals surface area (Å²) in [7, 11) is 0. The summed E-state index contributed by atoms with van der Waals surface area (Å²) in [5.74, 6) is 1.30. The number of benzene rings is 2. The van der Waals surface area contributed by atoms with Crippen LogP contribution in [0, 0.1) is 5.92 Å². The molecule has 1 aromatic heterocycles. The molecule has 5 rings (SSSR count). The van der Waals surface area contributed by atoms with Gasteiger partial charge < -0.3 is 19.5 Å². The molecule has 2 aliphatic rings. The van der Waals surface area contributed by atoms with Crippen LogP contribution in [-0.4, -0.2) is 25.0 Å². The van der Waals surface area contributed by atoms with Crippen LogP contribution >= 0.6 is 0 Å². The third kappa shape index (κ3) is 3.92. The Kier molecular flexibility index (Phi) is 5.18. The number of furan rings is 1. The third-order valence-electron chi connectivity index (χ3n) is 6.57. The van der Waals surface area contributed by atoms with E-state index in [1.807, 2.05) is 12.1 Å². The Morgan fingerprint density at radius 1 is 1.10 bits per heavy atom. The third-order valence-corrected chi connectivity index (χ3v) is 6.57. The Morgan fingerprint density at radius 2 is 1.90 bits per heavy atom. The van der Waals surface area contributed by atoms with E-state index in [1.165, 1.54) is 23.4 Å². The van der Waals surface area contributed by atoms with E-state index < -0.39 is 0 Å². The first-order valence-corrected chi connectivity index (χ1v) is 11.2. The van der Waals surface area contributed by atoms with Gasteiger partial charge in [-0.3, -0.25) is 4.79 Å². The van der Waals surface area contributed by atoms with Crippen molar-refractivity contribution in [2.75, 3.05) is 28.2 Å². The summed E-state index contributed by atoms with van der Waals surface area (Å²) in [5.41, 5.74) is 5.18. The number of nitrogens with zero attached hydrogens (tertiary/aromatic N) is 2. The molecule has 3 heterocycles. The van der Waals surface area contributed by atoms with Crippen LogP contribution in [-0.2, 0) is 13.0 Å². The molecular formula is C26H29N3O2. The Hall–Kier alpha value is -3.21. The van der Waals surface area contributed by atoms with Crippen molar-refractivity contribution in [3.63, 3.8) is 0 Å². The van der Waals surface area contributed by atoms with Gasteiger partial charge in [0.25, 0.3) is 5.91 Å². The number of rotatable bonds is 5. The number of hydrogen-bond donors (Lipinski definition) is 1. The molecule has 3 aromatic rings. The second-order valence-electron chi connectivity index (χ2n) is 8.91. The molecule has 5 heteroatoms. The predicted molar refractivity (Wildman–Crippen MR) is 125 cm³/mol. The highest BCUT2D eigenvalue weighted by Crippen LogP contribution is 2.34. The van der Waals surface area contributed by atoms with Crippen LogP contribution in [0.15, 0.2) is 65.3 Å². The van der Waals surface area contributed by atoms with E-state index in [1.54, 1.807) is 12.3 Å². The van der Waals surface area contributed by atoms with Crippen molar-refractivity contribution >= 4 is 23.0 Å². The second-order valence-corrected chi connectivity index (χ2v) is 8.91. The summed E-state index contributed by atoms with van der Waals surface area (Å²) in [6.45, 7) is 7.29. The van der Waals surface area contributed by atoms with Gasteiger partial charge in [-0.15, -0.1) is 0 Å². The number of carbonyl (C=O) groups is 1. The molecule has 0 spiro atoms. The molecular weight excluding hydrogens is 386 g/mol. The van der Waals surface area contributed by atoms with E-state index in [9.17, 15) is 4.79 Å². The maximum Gasteiger partial charge on any atom is 0.259 e. The van der Waals surface area contributed by atoms with E-state index in [2.05, 4.69) is 65.4 Å². The zero-order chi connectivity index (χ0) is 21.4. The van der Waals surface area contributed by atoms with Gasteiger partial charge in [0.15, 0.2) is 0 Å². The molecule has 2 aromatic carbocycles. The largest absolute Gasteiger partial charge is 0.467 e. The van der Waals surface area contributed by atoms with E-state index in [0.29, 0.717) is 23.9 Å². The lowest BCUT2D eigenvalue weighted by Gasteiger charge is -2.24. The summed E-state index contributed by atoms with van der Waals surface area (Å²) in [4.78, 5) is 17.7. The molecule has 1 fully saturated rings. The molecule has 0 radical (unpaired) electrons. The van der Waals surface area contributed by atoms with Crippen molar-refractivity contribution in [1.29, 1.82) is 0 Å². The lowest BCUT2D eigenvalue weighted by Crippen LogP contribution is -2.29. The van der Waals surface area contributed by atoms with E-state index in [-0.39, 0.29) is 5.91 Å². The molecule has 160 valence electrons. The summed E-state index contributed by atoms with van der Waals surface area (Å²) in [5, 5.41) is 3.03. The molecule has 2 atom stereocenters. The van der Waals surface area contributed by atoms with Gasteiger partial charge in [-0.2, -0.15) is 0 Å². The van der Waals surface area contributed by atoms with Crippen LogP contribution < -0.4 is 15.1 Å². The molecule has 2 aliphatic heterocycles. The lowest BCUT2D eigenvalue weighted by molar-refractivity contribution is 0.102. The van der Waals surface area contributed by atoms with Crippen LogP contribution in [0.5, 0.6) is 0 Å². The smallest absolute Gasteiger partial charge is 0.259 e. The average molecular weight is 416 g/mol. The molecule has 0 saturated carbocycles. The molecule has 1 saturated heterocycles.